The summed E-state index contributed by atoms with van der Waals surface area (Å²) >= 11 is 11.8. The highest BCUT2D eigenvalue weighted by Crippen LogP contribution is 2.32. The van der Waals surface area contributed by atoms with E-state index in [-0.39, 0.29) is 11.9 Å². The zero-order chi connectivity index (χ0) is 14.0. The number of hydrogen-bond acceptors (Lipinski definition) is 2. The van der Waals surface area contributed by atoms with Crippen LogP contribution in [0.2, 0.25) is 10.0 Å². The van der Waals surface area contributed by atoms with Crippen LogP contribution < -0.4 is 11.1 Å². The molecule has 0 spiro atoms. The van der Waals surface area contributed by atoms with E-state index in [0.29, 0.717) is 21.4 Å². The highest BCUT2D eigenvalue weighted by atomic mass is 35.5. The monoisotopic (exact) mass is 298 g/mol. The molecule has 2 rings (SSSR count). The first-order valence-corrected chi connectivity index (χ1v) is 6.49. The van der Waals surface area contributed by atoms with Crippen molar-refractivity contribution in [3.05, 3.63) is 57.8 Å². The SMILES string of the molecule is CC(Nc1cc(Cl)c(Cl)cc1N)c1ccc(F)cc1. The molecule has 19 heavy (non-hydrogen) atoms. The fourth-order valence-electron chi connectivity index (χ4n) is 1.76. The molecular weight excluding hydrogens is 286 g/mol. The molecule has 0 fully saturated rings. The first kappa shape index (κ1) is 14.0. The third kappa shape index (κ3) is 3.31. The van der Waals surface area contributed by atoms with Gasteiger partial charge in [0, 0.05) is 6.04 Å². The van der Waals surface area contributed by atoms with Gasteiger partial charge in [0.15, 0.2) is 0 Å². The summed E-state index contributed by atoms with van der Waals surface area (Å²) in [6, 6.07) is 9.54. The maximum absolute atomic E-state index is 12.9. The van der Waals surface area contributed by atoms with E-state index in [1.807, 2.05) is 6.92 Å². The van der Waals surface area contributed by atoms with Crippen LogP contribution in [0.15, 0.2) is 36.4 Å². The molecule has 0 aromatic heterocycles. The fourth-order valence-corrected chi connectivity index (χ4v) is 2.09. The van der Waals surface area contributed by atoms with Gasteiger partial charge in [0.05, 0.1) is 21.4 Å². The maximum atomic E-state index is 12.9. The summed E-state index contributed by atoms with van der Waals surface area (Å²) < 4.78 is 12.9. The van der Waals surface area contributed by atoms with Gasteiger partial charge in [0.2, 0.25) is 0 Å². The average Bonchev–Trinajstić information content (AvgIpc) is 2.36. The van der Waals surface area contributed by atoms with Crippen LogP contribution in [-0.2, 0) is 0 Å². The number of nitrogen functional groups attached to an aromatic ring is 1. The largest absolute Gasteiger partial charge is 0.397 e. The summed E-state index contributed by atoms with van der Waals surface area (Å²) in [5.74, 6) is -0.259. The average molecular weight is 299 g/mol. The number of nitrogens with one attached hydrogen (secondary N) is 1. The topological polar surface area (TPSA) is 38.0 Å². The summed E-state index contributed by atoms with van der Waals surface area (Å²) in [7, 11) is 0. The molecule has 3 N–H and O–H groups in total. The fraction of sp³-hybridized carbons (Fsp3) is 0.143. The van der Waals surface area contributed by atoms with Gasteiger partial charge in [-0.05, 0) is 36.8 Å². The number of benzene rings is 2. The van der Waals surface area contributed by atoms with Crippen LogP contribution in [-0.4, -0.2) is 0 Å². The Labute approximate surface area is 121 Å². The molecule has 0 amide bonds. The van der Waals surface area contributed by atoms with Crippen molar-refractivity contribution in [3.8, 4) is 0 Å². The van der Waals surface area contributed by atoms with Gasteiger partial charge in [-0.3, -0.25) is 0 Å². The molecule has 0 saturated heterocycles. The van der Waals surface area contributed by atoms with Gasteiger partial charge >= 0.3 is 0 Å². The molecule has 1 unspecified atom stereocenters. The van der Waals surface area contributed by atoms with Crippen LogP contribution in [0.3, 0.4) is 0 Å². The molecule has 1 atom stereocenters. The van der Waals surface area contributed by atoms with Gasteiger partial charge in [-0.15, -0.1) is 0 Å². The Morgan fingerprint density at radius 2 is 1.68 bits per heavy atom. The molecule has 0 heterocycles. The van der Waals surface area contributed by atoms with Gasteiger partial charge in [0.25, 0.3) is 0 Å². The number of anilines is 2. The highest BCUT2D eigenvalue weighted by molar-refractivity contribution is 6.42. The van der Waals surface area contributed by atoms with Crippen molar-refractivity contribution in [1.29, 1.82) is 0 Å². The predicted octanol–water partition coefficient (Wildman–Crippen LogP) is 4.89. The molecule has 100 valence electrons. The Hall–Kier alpha value is -1.45. The molecule has 0 radical (unpaired) electrons. The summed E-state index contributed by atoms with van der Waals surface area (Å²) in [4.78, 5) is 0. The van der Waals surface area contributed by atoms with Gasteiger partial charge in [-0.25, -0.2) is 4.39 Å². The van der Waals surface area contributed by atoms with Gasteiger partial charge in [-0.1, -0.05) is 35.3 Å². The summed E-state index contributed by atoms with van der Waals surface area (Å²) in [5.41, 5.74) is 8.04. The van der Waals surface area contributed by atoms with E-state index in [1.54, 1.807) is 24.3 Å². The summed E-state index contributed by atoms with van der Waals surface area (Å²) in [6.45, 7) is 1.95. The summed E-state index contributed by atoms with van der Waals surface area (Å²) in [5, 5.41) is 4.07. The van der Waals surface area contributed by atoms with E-state index >= 15 is 0 Å². The normalized spacial score (nSPS) is 12.2. The second kappa shape index (κ2) is 5.68. The lowest BCUT2D eigenvalue weighted by atomic mass is 10.1. The lowest BCUT2D eigenvalue weighted by molar-refractivity contribution is 0.626. The Morgan fingerprint density at radius 3 is 2.32 bits per heavy atom. The Morgan fingerprint density at radius 1 is 1.11 bits per heavy atom. The van der Waals surface area contributed by atoms with Gasteiger partial charge in [0.1, 0.15) is 5.82 Å². The van der Waals surface area contributed by atoms with Crippen molar-refractivity contribution >= 4 is 34.6 Å². The lowest BCUT2D eigenvalue weighted by Crippen LogP contribution is -2.08. The third-order valence-electron chi connectivity index (χ3n) is 2.83. The first-order valence-electron chi connectivity index (χ1n) is 5.74. The van der Waals surface area contributed by atoms with Crippen molar-refractivity contribution in [2.45, 2.75) is 13.0 Å². The molecule has 0 aliphatic rings. The van der Waals surface area contributed by atoms with E-state index in [4.69, 9.17) is 28.9 Å². The van der Waals surface area contributed by atoms with Crippen molar-refractivity contribution in [1.82, 2.24) is 0 Å². The van der Waals surface area contributed by atoms with Crippen molar-refractivity contribution < 1.29 is 4.39 Å². The molecule has 2 aromatic rings. The van der Waals surface area contributed by atoms with E-state index in [9.17, 15) is 4.39 Å². The van der Waals surface area contributed by atoms with E-state index < -0.39 is 0 Å². The Balaban J connectivity index is 2.21. The molecule has 2 nitrogen and oxygen atoms in total. The number of nitrogens with two attached hydrogens (primary N) is 1. The van der Waals surface area contributed by atoms with E-state index in [1.165, 1.54) is 12.1 Å². The first-order chi connectivity index (χ1) is 8.97. The van der Waals surface area contributed by atoms with Crippen LogP contribution in [0, 0.1) is 5.82 Å². The molecule has 0 aliphatic heterocycles. The third-order valence-corrected chi connectivity index (χ3v) is 3.56. The summed E-state index contributed by atoms with van der Waals surface area (Å²) in [6.07, 6.45) is 0. The van der Waals surface area contributed by atoms with Crippen LogP contribution in [0.1, 0.15) is 18.5 Å². The van der Waals surface area contributed by atoms with Crippen LogP contribution in [0.5, 0.6) is 0 Å². The maximum Gasteiger partial charge on any atom is 0.123 e. The number of halogens is 3. The molecule has 0 saturated carbocycles. The Kier molecular flexibility index (Phi) is 4.17. The van der Waals surface area contributed by atoms with Crippen molar-refractivity contribution in [3.63, 3.8) is 0 Å². The molecule has 0 aliphatic carbocycles. The smallest absolute Gasteiger partial charge is 0.123 e. The number of rotatable bonds is 3. The standard InChI is InChI=1S/C14H13Cl2FN2/c1-8(9-2-4-10(17)5-3-9)19-14-7-12(16)11(15)6-13(14)18/h2-8,19H,18H2,1H3. The molecular formula is C14H13Cl2FN2. The number of hydrogen-bond donors (Lipinski definition) is 2. The molecule has 5 heteroatoms. The van der Waals surface area contributed by atoms with E-state index in [2.05, 4.69) is 5.32 Å². The van der Waals surface area contributed by atoms with Gasteiger partial charge in [-0.2, -0.15) is 0 Å². The van der Waals surface area contributed by atoms with Crippen molar-refractivity contribution in [2.24, 2.45) is 0 Å². The molecule has 0 bridgehead atoms. The van der Waals surface area contributed by atoms with Crippen LogP contribution >= 0.6 is 23.2 Å². The van der Waals surface area contributed by atoms with Gasteiger partial charge < -0.3 is 11.1 Å². The van der Waals surface area contributed by atoms with Crippen molar-refractivity contribution in [2.75, 3.05) is 11.1 Å². The zero-order valence-corrected chi connectivity index (χ0v) is 11.8. The highest BCUT2D eigenvalue weighted by Gasteiger charge is 2.10. The predicted molar refractivity (Wildman–Crippen MR) is 79.3 cm³/mol. The second-order valence-corrected chi connectivity index (χ2v) is 5.09. The quantitative estimate of drug-likeness (QED) is 0.792. The minimum Gasteiger partial charge on any atom is -0.397 e. The minimum absolute atomic E-state index is 0.0276. The second-order valence-electron chi connectivity index (χ2n) is 4.27. The molecule has 2 aromatic carbocycles. The Bertz CT molecular complexity index is 585. The minimum atomic E-state index is -0.259. The van der Waals surface area contributed by atoms with Crippen LogP contribution in [0.25, 0.3) is 0 Å². The lowest BCUT2D eigenvalue weighted by Gasteiger charge is -2.18. The zero-order valence-electron chi connectivity index (χ0n) is 10.3. The van der Waals surface area contributed by atoms with E-state index in [0.717, 1.165) is 5.56 Å². The van der Waals surface area contributed by atoms with Crippen LogP contribution in [0.4, 0.5) is 15.8 Å².